The summed E-state index contributed by atoms with van der Waals surface area (Å²) in [4.78, 5) is 4.79. The van der Waals surface area contributed by atoms with Crippen molar-refractivity contribution in [3.8, 4) is 11.3 Å². The molecular formula is C19H20N4O5S3. The fourth-order valence-electron chi connectivity index (χ4n) is 3.05. The number of nitrogens with one attached hydrogen (secondary N) is 1. The summed E-state index contributed by atoms with van der Waals surface area (Å²) in [5.41, 5.74) is 2.15. The monoisotopic (exact) mass is 480 g/mol. The van der Waals surface area contributed by atoms with Crippen molar-refractivity contribution in [2.45, 2.75) is 9.79 Å². The Labute approximate surface area is 184 Å². The molecule has 3 N–H and O–H groups in total. The van der Waals surface area contributed by atoms with E-state index in [2.05, 4.69) is 10.3 Å². The van der Waals surface area contributed by atoms with Crippen LogP contribution in [-0.4, -0.2) is 52.4 Å². The third kappa shape index (κ3) is 4.95. The molecule has 31 heavy (non-hydrogen) atoms. The Morgan fingerprint density at radius 2 is 1.55 bits per heavy atom. The van der Waals surface area contributed by atoms with E-state index >= 15 is 0 Å². The van der Waals surface area contributed by atoms with Crippen molar-refractivity contribution >= 4 is 42.2 Å². The standard InChI is InChI=1S/C19H20N4O5S3/c20-30(24,25)16-7-3-15(4-8-16)21-19-22-18(13-29-19)14-1-5-17(6-2-14)31(26,27)23-9-11-28-12-10-23/h1-8,13H,9-12H2,(H,21,22)(H2,20,24,25). The molecule has 1 aliphatic rings. The molecule has 0 amide bonds. The van der Waals surface area contributed by atoms with Gasteiger partial charge in [0.15, 0.2) is 5.13 Å². The number of hydrogen-bond acceptors (Lipinski definition) is 8. The van der Waals surface area contributed by atoms with Gasteiger partial charge in [-0.3, -0.25) is 0 Å². The maximum atomic E-state index is 12.7. The van der Waals surface area contributed by atoms with Gasteiger partial charge in [0.25, 0.3) is 0 Å². The topological polar surface area (TPSA) is 132 Å². The summed E-state index contributed by atoms with van der Waals surface area (Å²) in [5, 5.41) is 10.7. The second kappa shape index (κ2) is 8.65. The number of thiazole rings is 1. The molecule has 9 nitrogen and oxygen atoms in total. The molecule has 0 radical (unpaired) electrons. The molecule has 0 saturated carbocycles. The number of hydrogen-bond donors (Lipinski definition) is 2. The highest BCUT2D eigenvalue weighted by molar-refractivity contribution is 7.89. The number of morpholine rings is 1. The SMILES string of the molecule is NS(=O)(=O)c1ccc(Nc2nc(-c3ccc(S(=O)(=O)N4CCOCC4)cc3)cs2)cc1. The molecule has 3 aromatic rings. The lowest BCUT2D eigenvalue weighted by atomic mass is 10.2. The number of sulfonamides is 2. The Bertz CT molecular complexity index is 1260. The first kappa shape index (κ1) is 21.9. The third-order valence-corrected chi connectivity index (χ3v) is 8.30. The maximum absolute atomic E-state index is 12.7. The van der Waals surface area contributed by atoms with Crippen molar-refractivity contribution in [1.82, 2.24) is 9.29 Å². The van der Waals surface area contributed by atoms with E-state index < -0.39 is 20.0 Å². The number of ether oxygens (including phenoxy) is 1. The van der Waals surface area contributed by atoms with Crippen molar-refractivity contribution in [2.75, 3.05) is 31.6 Å². The summed E-state index contributed by atoms with van der Waals surface area (Å²) >= 11 is 1.38. The van der Waals surface area contributed by atoms with Gasteiger partial charge in [-0.2, -0.15) is 4.31 Å². The molecule has 12 heteroatoms. The highest BCUT2D eigenvalue weighted by atomic mass is 32.2. The average Bonchev–Trinajstić information content (AvgIpc) is 3.23. The molecule has 2 heterocycles. The van der Waals surface area contributed by atoms with Gasteiger partial charge in [-0.25, -0.2) is 27.0 Å². The summed E-state index contributed by atoms with van der Waals surface area (Å²) in [6.07, 6.45) is 0. The number of anilines is 2. The third-order valence-electron chi connectivity index (χ3n) is 4.70. The first-order valence-corrected chi connectivity index (χ1v) is 13.1. The van der Waals surface area contributed by atoms with Gasteiger partial charge >= 0.3 is 0 Å². The van der Waals surface area contributed by atoms with E-state index in [0.717, 1.165) is 5.56 Å². The second-order valence-corrected chi connectivity index (χ2v) is 11.1. The summed E-state index contributed by atoms with van der Waals surface area (Å²) in [7, 11) is -7.28. The molecule has 1 aliphatic heterocycles. The van der Waals surface area contributed by atoms with Crippen LogP contribution in [0, 0.1) is 0 Å². The number of aromatic nitrogens is 1. The van der Waals surface area contributed by atoms with Crippen LogP contribution in [0.4, 0.5) is 10.8 Å². The largest absolute Gasteiger partial charge is 0.379 e. The summed E-state index contributed by atoms with van der Waals surface area (Å²) < 4.78 is 54.8. The number of benzene rings is 2. The van der Waals surface area contributed by atoms with E-state index in [0.29, 0.717) is 42.8 Å². The van der Waals surface area contributed by atoms with E-state index in [1.54, 1.807) is 36.4 Å². The Kier molecular flexibility index (Phi) is 6.10. The van der Waals surface area contributed by atoms with Crippen molar-refractivity contribution in [1.29, 1.82) is 0 Å². The summed E-state index contributed by atoms with van der Waals surface area (Å²) in [6.45, 7) is 1.50. The Balaban J connectivity index is 1.48. The molecule has 4 rings (SSSR count). The molecule has 1 fully saturated rings. The Morgan fingerprint density at radius 3 is 2.16 bits per heavy atom. The van der Waals surface area contributed by atoms with Crippen LogP contribution >= 0.6 is 11.3 Å². The zero-order valence-corrected chi connectivity index (χ0v) is 18.7. The van der Waals surface area contributed by atoms with Crippen LogP contribution in [0.15, 0.2) is 63.7 Å². The van der Waals surface area contributed by atoms with Crippen LogP contribution < -0.4 is 10.5 Å². The predicted molar refractivity (Wildman–Crippen MR) is 118 cm³/mol. The van der Waals surface area contributed by atoms with E-state index in [-0.39, 0.29) is 9.79 Å². The quantitative estimate of drug-likeness (QED) is 0.553. The molecule has 2 aromatic carbocycles. The van der Waals surface area contributed by atoms with E-state index in [9.17, 15) is 16.8 Å². The van der Waals surface area contributed by atoms with Crippen molar-refractivity contribution in [3.63, 3.8) is 0 Å². The summed E-state index contributed by atoms with van der Waals surface area (Å²) in [6, 6.07) is 12.7. The lowest BCUT2D eigenvalue weighted by molar-refractivity contribution is 0.0730. The molecule has 0 unspecified atom stereocenters. The van der Waals surface area contributed by atoms with Crippen LogP contribution in [0.25, 0.3) is 11.3 Å². The molecule has 0 bridgehead atoms. The minimum Gasteiger partial charge on any atom is -0.379 e. The van der Waals surface area contributed by atoms with Gasteiger partial charge in [0, 0.05) is 29.7 Å². The maximum Gasteiger partial charge on any atom is 0.243 e. The Morgan fingerprint density at radius 1 is 0.935 bits per heavy atom. The van der Waals surface area contributed by atoms with Gasteiger partial charge in [-0.05, 0) is 36.4 Å². The minimum atomic E-state index is -3.74. The van der Waals surface area contributed by atoms with Gasteiger partial charge in [-0.1, -0.05) is 12.1 Å². The fraction of sp³-hybridized carbons (Fsp3) is 0.211. The van der Waals surface area contributed by atoms with Crippen molar-refractivity contribution < 1.29 is 21.6 Å². The Hall–Kier alpha value is -2.35. The molecular weight excluding hydrogens is 460 g/mol. The van der Waals surface area contributed by atoms with Crippen LogP contribution in [0.3, 0.4) is 0 Å². The highest BCUT2D eigenvalue weighted by Gasteiger charge is 2.26. The number of primary sulfonamides is 1. The van der Waals surface area contributed by atoms with E-state index in [1.165, 1.54) is 27.8 Å². The molecule has 0 spiro atoms. The molecule has 0 atom stereocenters. The molecule has 0 aliphatic carbocycles. The lowest BCUT2D eigenvalue weighted by Gasteiger charge is -2.26. The van der Waals surface area contributed by atoms with Crippen LogP contribution in [0.5, 0.6) is 0 Å². The average molecular weight is 481 g/mol. The van der Waals surface area contributed by atoms with Crippen molar-refractivity contribution in [3.05, 3.63) is 53.9 Å². The number of nitrogens with two attached hydrogens (primary N) is 1. The van der Waals surface area contributed by atoms with Gasteiger partial charge in [0.1, 0.15) is 0 Å². The number of rotatable bonds is 6. The van der Waals surface area contributed by atoms with Crippen LogP contribution in [-0.2, 0) is 24.8 Å². The zero-order chi connectivity index (χ0) is 22.1. The van der Waals surface area contributed by atoms with Crippen LogP contribution in [0.1, 0.15) is 0 Å². The fourth-order valence-corrected chi connectivity index (χ4v) is 5.71. The first-order chi connectivity index (χ1) is 14.7. The minimum absolute atomic E-state index is 0.0324. The van der Waals surface area contributed by atoms with Gasteiger partial charge in [-0.15, -0.1) is 11.3 Å². The van der Waals surface area contributed by atoms with Gasteiger partial charge in [0.2, 0.25) is 20.0 Å². The zero-order valence-electron chi connectivity index (χ0n) is 16.3. The lowest BCUT2D eigenvalue weighted by Crippen LogP contribution is -2.40. The van der Waals surface area contributed by atoms with E-state index in [4.69, 9.17) is 9.88 Å². The normalized spacial score (nSPS) is 15.6. The summed E-state index contributed by atoms with van der Waals surface area (Å²) in [5.74, 6) is 0. The highest BCUT2D eigenvalue weighted by Crippen LogP contribution is 2.29. The number of nitrogens with zero attached hydrogens (tertiary/aromatic N) is 2. The molecule has 1 saturated heterocycles. The predicted octanol–water partition coefficient (Wildman–Crippen LogP) is 2.22. The van der Waals surface area contributed by atoms with Gasteiger partial charge in [0.05, 0.1) is 28.7 Å². The first-order valence-electron chi connectivity index (χ1n) is 9.27. The smallest absolute Gasteiger partial charge is 0.243 e. The second-order valence-electron chi connectivity index (χ2n) is 6.77. The molecule has 1 aromatic heterocycles. The van der Waals surface area contributed by atoms with Crippen molar-refractivity contribution in [2.24, 2.45) is 5.14 Å². The van der Waals surface area contributed by atoms with Crippen LogP contribution in [0.2, 0.25) is 0 Å². The van der Waals surface area contributed by atoms with Gasteiger partial charge < -0.3 is 10.1 Å². The van der Waals surface area contributed by atoms with E-state index in [1.807, 2.05) is 5.38 Å². The molecule has 164 valence electrons.